The molecule has 1 heterocycles. The highest BCUT2D eigenvalue weighted by atomic mass is 127. The van der Waals surface area contributed by atoms with Gasteiger partial charge in [-0.2, -0.15) is 0 Å². The Kier molecular flexibility index (Phi) is 13.3. The number of unbranched alkanes of at least 4 members (excludes halogenated alkanes) is 1. The van der Waals surface area contributed by atoms with Crippen molar-refractivity contribution in [1.29, 1.82) is 0 Å². The Balaban J connectivity index is 0.00000392. The first-order valence-electron chi connectivity index (χ1n) is 10.3. The van der Waals surface area contributed by atoms with E-state index >= 15 is 0 Å². The van der Waals surface area contributed by atoms with Crippen LogP contribution in [-0.4, -0.2) is 76.4 Å². The molecule has 0 aromatic heterocycles. The second-order valence-corrected chi connectivity index (χ2v) is 7.13. The summed E-state index contributed by atoms with van der Waals surface area (Å²) in [4.78, 5) is 9.74. The van der Waals surface area contributed by atoms with Crippen LogP contribution in [0, 0.1) is 0 Å². The van der Waals surface area contributed by atoms with Crippen molar-refractivity contribution in [3.05, 3.63) is 30.3 Å². The molecule has 2 N–H and O–H groups in total. The van der Waals surface area contributed by atoms with Crippen molar-refractivity contribution >= 4 is 35.6 Å². The van der Waals surface area contributed by atoms with Crippen molar-refractivity contribution in [2.24, 2.45) is 4.99 Å². The van der Waals surface area contributed by atoms with E-state index in [9.17, 15) is 0 Å². The Hall–Kier alpha value is -1.06. The van der Waals surface area contributed by atoms with Crippen LogP contribution in [-0.2, 0) is 4.74 Å². The molecule has 1 aliphatic rings. The molecule has 0 aliphatic carbocycles. The zero-order valence-corrected chi connectivity index (χ0v) is 20.0. The van der Waals surface area contributed by atoms with Gasteiger partial charge >= 0.3 is 0 Å². The van der Waals surface area contributed by atoms with E-state index in [4.69, 9.17) is 4.74 Å². The summed E-state index contributed by atoms with van der Waals surface area (Å²) >= 11 is 0. The molecule has 6 nitrogen and oxygen atoms in total. The number of rotatable bonds is 10. The minimum absolute atomic E-state index is 0. The standard InChI is InChI=1S/C21H37N5O.HI/c1-4-22-21(24-19(2)18-27-3)23-12-8-9-13-25-14-16-26(17-15-25)20-10-6-5-7-11-20;/h5-7,10-11,19H,4,8-9,12-18H2,1-3H3,(H2,22,23,24);1H. The lowest BCUT2D eigenvalue weighted by atomic mass is 10.2. The van der Waals surface area contributed by atoms with Gasteiger partial charge in [0, 0.05) is 58.1 Å². The molecule has 1 aliphatic heterocycles. The van der Waals surface area contributed by atoms with Crippen LogP contribution < -0.4 is 15.5 Å². The first-order valence-corrected chi connectivity index (χ1v) is 10.3. The zero-order chi connectivity index (χ0) is 19.3. The topological polar surface area (TPSA) is 52.1 Å². The molecule has 2 rings (SSSR count). The molecule has 7 heteroatoms. The van der Waals surface area contributed by atoms with Gasteiger partial charge < -0.3 is 20.3 Å². The minimum Gasteiger partial charge on any atom is -0.383 e. The SMILES string of the molecule is CCNC(=NCCCCN1CCN(c2ccccc2)CC1)NC(C)COC.I. The van der Waals surface area contributed by atoms with Gasteiger partial charge in [0.2, 0.25) is 0 Å². The predicted molar refractivity (Wildman–Crippen MR) is 130 cm³/mol. The Morgan fingerprint density at radius 2 is 1.86 bits per heavy atom. The third kappa shape index (κ3) is 9.43. The van der Waals surface area contributed by atoms with E-state index in [1.807, 2.05) is 0 Å². The molecule has 1 unspecified atom stereocenters. The lowest BCUT2D eigenvalue weighted by Gasteiger charge is -2.36. The van der Waals surface area contributed by atoms with Crippen LogP contribution in [0.3, 0.4) is 0 Å². The van der Waals surface area contributed by atoms with Crippen LogP contribution in [0.25, 0.3) is 0 Å². The number of ether oxygens (including phenoxy) is 1. The summed E-state index contributed by atoms with van der Waals surface area (Å²) in [6.45, 7) is 12.3. The summed E-state index contributed by atoms with van der Waals surface area (Å²) in [5.74, 6) is 0.888. The van der Waals surface area contributed by atoms with Crippen LogP contribution in [0.2, 0.25) is 0 Å². The van der Waals surface area contributed by atoms with Crippen molar-refractivity contribution < 1.29 is 4.74 Å². The molecule has 0 saturated carbocycles. The number of hydrogen-bond acceptors (Lipinski definition) is 4. The average molecular weight is 503 g/mol. The van der Waals surface area contributed by atoms with Crippen LogP contribution >= 0.6 is 24.0 Å². The number of halogens is 1. The van der Waals surface area contributed by atoms with Crippen molar-refractivity contribution in [3.8, 4) is 0 Å². The summed E-state index contributed by atoms with van der Waals surface area (Å²) in [7, 11) is 1.72. The van der Waals surface area contributed by atoms with Gasteiger partial charge in [-0.25, -0.2) is 0 Å². The quantitative estimate of drug-likeness (QED) is 0.223. The molecule has 0 spiro atoms. The molecule has 1 saturated heterocycles. The predicted octanol–water partition coefficient (Wildman–Crippen LogP) is 2.80. The number of para-hydroxylation sites is 1. The van der Waals surface area contributed by atoms with Gasteiger partial charge in [0.1, 0.15) is 0 Å². The summed E-state index contributed by atoms with van der Waals surface area (Å²) in [5, 5.41) is 6.68. The van der Waals surface area contributed by atoms with E-state index in [1.54, 1.807) is 7.11 Å². The number of aliphatic imine (C=N–C) groups is 1. The van der Waals surface area contributed by atoms with Gasteiger partial charge in [-0.05, 0) is 45.4 Å². The third-order valence-electron chi connectivity index (χ3n) is 4.79. The highest BCUT2D eigenvalue weighted by Crippen LogP contribution is 2.15. The van der Waals surface area contributed by atoms with Gasteiger partial charge in [0.05, 0.1) is 6.61 Å². The molecule has 1 fully saturated rings. The lowest BCUT2D eigenvalue weighted by molar-refractivity contribution is 0.179. The zero-order valence-electron chi connectivity index (χ0n) is 17.7. The summed E-state index contributed by atoms with van der Waals surface area (Å²) in [5.41, 5.74) is 1.35. The lowest BCUT2D eigenvalue weighted by Crippen LogP contribution is -2.46. The minimum atomic E-state index is 0. The first-order chi connectivity index (χ1) is 13.2. The molecular formula is C21H38IN5O. The van der Waals surface area contributed by atoms with Crippen molar-refractivity contribution in [3.63, 3.8) is 0 Å². The Morgan fingerprint density at radius 1 is 1.14 bits per heavy atom. The number of piperazine rings is 1. The number of hydrogen-bond donors (Lipinski definition) is 2. The van der Waals surface area contributed by atoms with E-state index in [0.29, 0.717) is 6.61 Å². The number of nitrogens with zero attached hydrogens (tertiary/aromatic N) is 3. The Labute approximate surface area is 188 Å². The maximum absolute atomic E-state index is 5.17. The molecule has 1 aromatic rings. The fourth-order valence-corrected chi connectivity index (χ4v) is 3.35. The Morgan fingerprint density at radius 3 is 2.50 bits per heavy atom. The number of nitrogens with one attached hydrogen (secondary N) is 2. The molecule has 0 radical (unpaired) electrons. The average Bonchev–Trinajstić information content (AvgIpc) is 2.69. The molecule has 1 aromatic carbocycles. The fraction of sp³-hybridized carbons (Fsp3) is 0.667. The number of benzene rings is 1. The monoisotopic (exact) mass is 503 g/mol. The van der Waals surface area contributed by atoms with Gasteiger partial charge in [-0.1, -0.05) is 18.2 Å². The van der Waals surface area contributed by atoms with Crippen LogP contribution in [0.1, 0.15) is 26.7 Å². The summed E-state index contributed by atoms with van der Waals surface area (Å²) in [6, 6.07) is 11.0. The van der Waals surface area contributed by atoms with E-state index in [1.165, 1.54) is 18.7 Å². The second-order valence-electron chi connectivity index (χ2n) is 7.13. The van der Waals surface area contributed by atoms with E-state index < -0.39 is 0 Å². The van der Waals surface area contributed by atoms with Crippen LogP contribution in [0.5, 0.6) is 0 Å². The fourth-order valence-electron chi connectivity index (χ4n) is 3.35. The molecule has 28 heavy (non-hydrogen) atoms. The second kappa shape index (κ2) is 14.9. The van der Waals surface area contributed by atoms with Crippen molar-refractivity contribution in [2.75, 3.05) is 64.4 Å². The van der Waals surface area contributed by atoms with Gasteiger partial charge in [-0.15, -0.1) is 24.0 Å². The maximum atomic E-state index is 5.17. The first kappa shape index (κ1) is 25.0. The maximum Gasteiger partial charge on any atom is 0.191 e. The van der Waals surface area contributed by atoms with E-state index in [2.05, 4.69) is 69.6 Å². The van der Waals surface area contributed by atoms with Gasteiger partial charge in [0.15, 0.2) is 5.96 Å². The molecule has 0 amide bonds. The summed E-state index contributed by atoms with van der Waals surface area (Å²) in [6.07, 6.45) is 2.32. The third-order valence-corrected chi connectivity index (χ3v) is 4.79. The van der Waals surface area contributed by atoms with E-state index in [0.717, 1.165) is 51.6 Å². The van der Waals surface area contributed by atoms with E-state index in [-0.39, 0.29) is 30.0 Å². The molecule has 1 atom stereocenters. The number of methoxy groups -OCH3 is 1. The van der Waals surface area contributed by atoms with Crippen LogP contribution in [0.4, 0.5) is 5.69 Å². The summed E-state index contributed by atoms with van der Waals surface area (Å²) < 4.78 is 5.17. The smallest absolute Gasteiger partial charge is 0.191 e. The number of anilines is 1. The highest BCUT2D eigenvalue weighted by molar-refractivity contribution is 14.0. The highest BCUT2D eigenvalue weighted by Gasteiger charge is 2.16. The van der Waals surface area contributed by atoms with Gasteiger partial charge in [-0.3, -0.25) is 9.89 Å². The van der Waals surface area contributed by atoms with Gasteiger partial charge in [0.25, 0.3) is 0 Å². The van der Waals surface area contributed by atoms with Crippen LogP contribution in [0.15, 0.2) is 35.3 Å². The number of guanidine groups is 1. The Bertz CT molecular complexity index is 535. The molecule has 0 bridgehead atoms. The van der Waals surface area contributed by atoms with Crippen molar-refractivity contribution in [2.45, 2.75) is 32.7 Å². The molecule has 160 valence electrons. The normalized spacial score (nSPS) is 16.4. The molecular weight excluding hydrogens is 465 g/mol. The van der Waals surface area contributed by atoms with Crippen molar-refractivity contribution in [1.82, 2.24) is 15.5 Å². The largest absolute Gasteiger partial charge is 0.383 e.